The Morgan fingerprint density at radius 2 is 1.95 bits per heavy atom. The average Bonchev–Trinajstić information content (AvgIpc) is 2.74. The fourth-order valence-corrected chi connectivity index (χ4v) is 2.52. The van der Waals surface area contributed by atoms with Crippen LogP contribution >= 0.6 is 0 Å². The van der Waals surface area contributed by atoms with Gasteiger partial charge in [-0.2, -0.15) is 0 Å². The highest BCUT2D eigenvalue weighted by Crippen LogP contribution is 2.25. The van der Waals surface area contributed by atoms with E-state index < -0.39 is 0 Å². The molecule has 1 aromatic carbocycles. The molecule has 0 atom stereocenters. The third kappa shape index (κ3) is 2.72. The van der Waals surface area contributed by atoms with Gasteiger partial charge in [-0.25, -0.2) is 4.68 Å². The smallest absolute Gasteiger partial charge is 0.270 e. The zero-order valence-corrected chi connectivity index (χ0v) is 12.9. The lowest BCUT2D eigenvalue weighted by atomic mass is 10.00. The summed E-state index contributed by atoms with van der Waals surface area (Å²) in [5.41, 5.74) is 4.38. The molecule has 0 fully saturated rings. The maximum absolute atomic E-state index is 12.6. The Balaban J connectivity index is 2.59. The number of rotatable bonds is 5. The Morgan fingerprint density at radius 1 is 1.25 bits per heavy atom. The van der Waals surface area contributed by atoms with Crippen LogP contribution in [0.1, 0.15) is 50.8 Å². The van der Waals surface area contributed by atoms with Gasteiger partial charge in [0.2, 0.25) is 0 Å². The number of nitrogens with zero attached hydrogens (tertiary/aromatic N) is 1. The van der Waals surface area contributed by atoms with E-state index in [0.29, 0.717) is 0 Å². The molecule has 0 saturated carbocycles. The van der Waals surface area contributed by atoms with E-state index in [2.05, 4.69) is 31.1 Å². The molecule has 0 aliphatic carbocycles. The lowest BCUT2D eigenvalue weighted by Gasteiger charge is -2.07. The van der Waals surface area contributed by atoms with Crippen molar-refractivity contribution >= 4 is 0 Å². The maximum Gasteiger partial charge on any atom is 0.270 e. The molecule has 0 amide bonds. The van der Waals surface area contributed by atoms with Crippen molar-refractivity contribution in [3.63, 3.8) is 0 Å². The predicted octanol–water partition coefficient (Wildman–Crippen LogP) is 4.08. The van der Waals surface area contributed by atoms with Crippen LogP contribution in [0.15, 0.2) is 29.1 Å². The fourth-order valence-electron chi connectivity index (χ4n) is 2.52. The monoisotopic (exact) mass is 272 g/mol. The molecule has 108 valence electrons. The molecule has 1 aromatic heterocycles. The van der Waals surface area contributed by atoms with Crippen molar-refractivity contribution in [2.24, 2.45) is 0 Å². The van der Waals surface area contributed by atoms with E-state index in [1.807, 2.05) is 26.0 Å². The summed E-state index contributed by atoms with van der Waals surface area (Å²) in [6.07, 6.45) is 2.98. The lowest BCUT2D eigenvalue weighted by molar-refractivity contribution is 0.517. The molecule has 2 rings (SSSR count). The van der Waals surface area contributed by atoms with Gasteiger partial charge < -0.3 is 0 Å². The quantitative estimate of drug-likeness (QED) is 0.875. The minimum Gasteiger partial charge on any atom is -0.294 e. The van der Waals surface area contributed by atoms with Crippen LogP contribution < -0.4 is 5.56 Å². The van der Waals surface area contributed by atoms with Crippen LogP contribution in [0.2, 0.25) is 0 Å². The average molecular weight is 272 g/mol. The van der Waals surface area contributed by atoms with Gasteiger partial charge >= 0.3 is 0 Å². The molecule has 0 saturated heterocycles. The number of hydrogen-bond acceptors (Lipinski definition) is 1. The summed E-state index contributed by atoms with van der Waals surface area (Å²) < 4.78 is 1.74. The number of nitrogens with one attached hydrogen (secondary N) is 1. The van der Waals surface area contributed by atoms with Crippen molar-refractivity contribution in [2.75, 3.05) is 0 Å². The van der Waals surface area contributed by atoms with Crippen LogP contribution in [0.3, 0.4) is 0 Å². The highest BCUT2D eigenvalue weighted by molar-refractivity contribution is 5.66. The molecule has 0 unspecified atom stereocenters. The normalized spacial score (nSPS) is 11.2. The van der Waals surface area contributed by atoms with Gasteiger partial charge in [-0.1, -0.05) is 37.6 Å². The molecule has 0 bridgehead atoms. The van der Waals surface area contributed by atoms with Crippen molar-refractivity contribution in [3.05, 3.63) is 45.7 Å². The van der Waals surface area contributed by atoms with Gasteiger partial charge in [0.15, 0.2) is 0 Å². The van der Waals surface area contributed by atoms with Crippen LogP contribution in [-0.2, 0) is 6.42 Å². The van der Waals surface area contributed by atoms with Crippen LogP contribution in [0.4, 0.5) is 0 Å². The van der Waals surface area contributed by atoms with Crippen molar-refractivity contribution in [3.8, 4) is 11.3 Å². The summed E-state index contributed by atoms with van der Waals surface area (Å²) in [7, 11) is 0. The molecule has 0 spiro atoms. The Kier molecular flexibility index (Phi) is 4.48. The predicted molar refractivity (Wildman–Crippen MR) is 84.2 cm³/mol. The van der Waals surface area contributed by atoms with E-state index in [1.54, 1.807) is 4.68 Å². The largest absolute Gasteiger partial charge is 0.294 e. The molecule has 1 heterocycles. The van der Waals surface area contributed by atoms with Crippen molar-refractivity contribution in [1.82, 2.24) is 9.78 Å². The SMILES string of the molecule is CCCCc1c(-c2ccccc2C)[nH]n(C(C)C)c1=O. The second-order valence-corrected chi connectivity index (χ2v) is 5.65. The molecule has 0 aliphatic rings. The molecule has 20 heavy (non-hydrogen) atoms. The number of H-pyrrole nitrogens is 1. The van der Waals surface area contributed by atoms with E-state index in [0.717, 1.165) is 36.1 Å². The highest BCUT2D eigenvalue weighted by Gasteiger charge is 2.17. The molecule has 2 aromatic rings. The van der Waals surface area contributed by atoms with Crippen LogP contribution in [0.5, 0.6) is 0 Å². The molecular formula is C17H24N2O. The summed E-state index contributed by atoms with van der Waals surface area (Å²) in [6.45, 7) is 8.30. The van der Waals surface area contributed by atoms with E-state index in [4.69, 9.17) is 0 Å². The van der Waals surface area contributed by atoms with Gasteiger partial charge in [-0.05, 0) is 39.2 Å². The van der Waals surface area contributed by atoms with E-state index >= 15 is 0 Å². The standard InChI is InChI=1S/C17H24N2O/c1-5-6-10-15-16(14-11-8-7-9-13(14)4)18-19(12(2)3)17(15)20/h7-9,11-12,18H,5-6,10H2,1-4H3. The molecule has 1 N–H and O–H groups in total. The maximum atomic E-state index is 12.6. The summed E-state index contributed by atoms with van der Waals surface area (Å²) in [5, 5.41) is 3.32. The third-order valence-electron chi connectivity index (χ3n) is 3.72. The van der Waals surface area contributed by atoms with Gasteiger partial charge in [0.25, 0.3) is 5.56 Å². The van der Waals surface area contributed by atoms with Gasteiger partial charge in [0, 0.05) is 17.2 Å². The number of aromatic nitrogens is 2. The zero-order valence-electron chi connectivity index (χ0n) is 12.9. The van der Waals surface area contributed by atoms with Crippen molar-refractivity contribution in [2.45, 2.75) is 53.0 Å². The topological polar surface area (TPSA) is 37.8 Å². The number of hydrogen-bond donors (Lipinski definition) is 1. The van der Waals surface area contributed by atoms with Crippen LogP contribution in [-0.4, -0.2) is 9.78 Å². The summed E-state index contributed by atoms with van der Waals surface area (Å²) >= 11 is 0. The highest BCUT2D eigenvalue weighted by atomic mass is 16.1. The number of benzene rings is 1. The second kappa shape index (κ2) is 6.12. The molecule has 3 nitrogen and oxygen atoms in total. The number of unbranched alkanes of at least 4 members (excludes halogenated alkanes) is 1. The van der Waals surface area contributed by atoms with E-state index in [1.165, 1.54) is 5.56 Å². The Bertz CT molecular complexity index is 635. The Labute approximate surface area is 120 Å². The number of aryl methyl sites for hydroxylation is 1. The van der Waals surface area contributed by atoms with Gasteiger partial charge in [-0.15, -0.1) is 0 Å². The Morgan fingerprint density at radius 3 is 2.55 bits per heavy atom. The first-order valence-electron chi connectivity index (χ1n) is 7.45. The van der Waals surface area contributed by atoms with Gasteiger partial charge in [0.1, 0.15) is 0 Å². The van der Waals surface area contributed by atoms with E-state index in [9.17, 15) is 4.79 Å². The van der Waals surface area contributed by atoms with Crippen LogP contribution in [0, 0.1) is 6.92 Å². The number of aromatic amines is 1. The molecule has 0 aliphatic heterocycles. The minimum absolute atomic E-state index is 0.131. The summed E-state index contributed by atoms with van der Waals surface area (Å²) in [5.74, 6) is 0. The summed E-state index contributed by atoms with van der Waals surface area (Å²) in [6, 6.07) is 8.38. The molecule has 0 radical (unpaired) electrons. The second-order valence-electron chi connectivity index (χ2n) is 5.65. The van der Waals surface area contributed by atoms with E-state index in [-0.39, 0.29) is 11.6 Å². The lowest BCUT2D eigenvalue weighted by Crippen LogP contribution is -2.20. The first kappa shape index (κ1) is 14.6. The third-order valence-corrected chi connectivity index (χ3v) is 3.72. The molecular weight excluding hydrogens is 248 g/mol. The fraction of sp³-hybridized carbons (Fsp3) is 0.471. The minimum atomic E-state index is 0.131. The van der Waals surface area contributed by atoms with Crippen LogP contribution in [0.25, 0.3) is 11.3 Å². The zero-order chi connectivity index (χ0) is 14.7. The van der Waals surface area contributed by atoms with Gasteiger partial charge in [0.05, 0.1) is 5.69 Å². The Hall–Kier alpha value is -1.77. The van der Waals surface area contributed by atoms with Crippen molar-refractivity contribution in [1.29, 1.82) is 0 Å². The van der Waals surface area contributed by atoms with Gasteiger partial charge in [-0.3, -0.25) is 9.89 Å². The first-order chi connectivity index (χ1) is 9.56. The summed E-state index contributed by atoms with van der Waals surface area (Å²) in [4.78, 5) is 12.6. The van der Waals surface area contributed by atoms with Crippen molar-refractivity contribution < 1.29 is 0 Å². The first-order valence-corrected chi connectivity index (χ1v) is 7.45. The molecule has 3 heteroatoms.